The highest BCUT2D eigenvalue weighted by molar-refractivity contribution is 6.03. The van der Waals surface area contributed by atoms with Crippen molar-refractivity contribution in [2.24, 2.45) is 10.8 Å². The van der Waals surface area contributed by atoms with E-state index in [0.29, 0.717) is 6.42 Å². The molecule has 9 heavy (non-hydrogen) atoms. The summed E-state index contributed by atoms with van der Waals surface area (Å²) in [6.07, 6.45) is 0.472. The Balaban J connectivity index is 0.000000291. The van der Waals surface area contributed by atoms with E-state index in [1.54, 1.807) is 0 Å². The number of hydrazone groups is 1. The third-order valence-corrected chi connectivity index (χ3v) is 0.788. The highest BCUT2D eigenvalue weighted by Crippen LogP contribution is 1.91. The van der Waals surface area contributed by atoms with Crippen molar-refractivity contribution in [1.29, 1.82) is 0 Å². The van der Waals surface area contributed by atoms with E-state index < -0.39 is 0 Å². The normalized spacial score (nSPS) is 15.4. The van der Waals surface area contributed by atoms with Gasteiger partial charge in [0.05, 0.1) is 6.42 Å². The number of carbonyl (C=O) groups is 1. The summed E-state index contributed by atoms with van der Waals surface area (Å²) < 4.78 is 0. The van der Waals surface area contributed by atoms with Gasteiger partial charge in [-0.3, -0.25) is 4.79 Å². The van der Waals surface area contributed by atoms with Gasteiger partial charge >= 0.3 is 0 Å². The number of hydrogen-bond donors (Lipinski definition) is 2. The summed E-state index contributed by atoms with van der Waals surface area (Å²) in [4.78, 5) is 10.2. The van der Waals surface area contributed by atoms with Crippen LogP contribution in [0.25, 0.3) is 0 Å². The first-order valence-electron chi connectivity index (χ1n) is 2.69. The van der Waals surface area contributed by atoms with Crippen molar-refractivity contribution in [3.8, 4) is 0 Å². The van der Waals surface area contributed by atoms with Gasteiger partial charge in [0.25, 0.3) is 0 Å². The molecule has 1 heterocycles. The Morgan fingerprint density at radius 1 is 1.67 bits per heavy atom. The fourth-order valence-electron chi connectivity index (χ4n) is 0.469. The highest BCUT2D eigenvalue weighted by Gasteiger charge is 2.07. The van der Waals surface area contributed by atoms with Gasteiger partial charge in [-0.2, -0.15) is 5.10 Å². The summed E-state index contributed by atoms with van der Waals surface area (Å²) in [7, 11) is 1.50. The molecular formula is C5H11N3O. The van der Waals surface area contributed by atoms with E-state index in [4.69, 9.17) is 0 Å². The number of carbonyl (C=O) groups excluding carboxylic acids is 1. The van der Waals surface area contributed by atoms with Crippen LogP contribution in [0.4, 0.5) is 0 Å². The Kier molecular flexibility index (Phi) is 3.62. The van der Waals surface area contributed by atoms with Gasteiger partial charge in [-0.25, -0.2) is 5.43 Å². The molecule has 1 aliphatic heterocycles. The molecule has 0 radical (unpaired) electrons. The lowest BCUT2D eigenvalue weighted by molar-refractivity contribution is -0.119. The molecule has 3 N–H and O–H groups in total. The molecule has 0 saturated carbocycles. The van der Waals surface area contributed by atoms with Crippen LogP contribution < -0.4 is 11.2 Å². The third-order valence-electron chi connectivity index (χ3n) is 0.788. The lowest BCUT2D eigenvalue weighted by Gasteiger charge is -1.77. The monoisotopic (exact) mass is 129 g/mol. The third kappa shape index (κ3) is 2.81. The van der Waals surface area contributed by atoms with Gasteiger partial charge in [0, 0.05) is 5.71 Å². The van der Waals surface area contributed by atoms with Crippen LogP contribution in [0.5, 0.6) is 0 Å². The maximum atomic E-state index is 10.2. The molecular weight excluding hydrogens is 118 g/mol. The summed E-state index contributed by atoms with van der Waals surface area (Å²) in [6.45, 7) is 1.82. The molecule has 0 unspecified atom stereocenters. The molecule has 0 spiro atoms. The number of hydrogen-bond acceptors (Lipinski definition) is 3. The van der Waals surface area contributed by atoms with Crippen molar-refractivity contribution in [3.63, 3.8) is 0 Å². The van der Waals surface area contributed by atoms with Crippen molar-refractivity contribution >= 4 is 11.6 Å². The molecule has 1 aliphatic rings. The summed E-state index contributed by atoms with van der Waals surface area (Å²) >= 11 is 0. The maximum absolute atomic E-state index is 10.2. The van der Waals surface area contributed by atoms with Gasteiger partial charge in [0.1, 0.15) is 0 Å². The minimum absolute atomic E-state index is 0.00231. The van der Waals surface area contributed by atoms with Crippen LogP contribution in [0, 0.1) is 0 Å². The number of nitrogens with two attached hydrogens (primary N) is 1. The Morgan fingerprint density at radius 3 is 2.33 bits per heavy atom. The molecule has 0 atom stereocenters. The molecule has 0 fully saturated rings. The van der Waals surface area contributed by atoms with E-state index in [-0.39, 0.29) is 5.91 Å². The zero-order valence-electron chi connectivity index (χ0n) is 5.64. The molecule has 0 aromatic rings. The average molecular weight is 129 g/mol. The maximum Gasteiger partial charge on any atom is 0.245 e. The van der Waals surface area contributed by atoms with Crippen molar-refractivity contribution in [1.82, 2.24) is 5.43 Å². The summed E-state index contributed by atoms with van der Waals surface area (Å²) in [5, 5.41) is 3.63. The van der Waals surface area contributed by atoms with Crippen LogP contribution in [0.2, 0.25) is 0 Å². The quantitative estimate of drug-likeness (QED) is 0.461. The molecule has 0 saturated heterocycles. The van der Waals surface area contributed by atoms with Gasteiger partial charge in [-0.15, -0.1) is 0 Å². The van der Waals surface area contributed by atoms with Gasteiger partial charge in [-0.1, -0.05) is 0 Å². The Labute approximate surface area is 54.1 Å². The molecule has 0 aromatic heterocycles. The molecule has 1 amide bonds. The lowest BCUT2D eigenvalue weighted by Crippen LogP contribution is -2.08. The number of rotatable bonds is 0. The SMILES string of the molecule is CC1=NNC(=O)C1.CN. The first-order valence-corrected chi connectivity index (χ1v) is 2.69. The summed E-state index contributed by atoms with van der Waals surface area (Å²) in [5.74, 6) is -0.00231. The Morgan fingerprint density at radius 2 is 2.22 bits per heavy atom. The second kappa shape index (κ2) is 4.03. The van der Waals surface area contributed by atoms with Gasteiger partial charge in [0.15, 0.2) is 0 Å². The van der Waals surface area contributed by atoms with E-state index in [9.17, 15) is 4.79 Å². The van der Waals surface area contributed by atoms with Crippen molar-refractivity contribution in [2.75, 3.05) is 7.05 Å². The zero-order chi connectivity index (χ0) is 7.28. The minimum Gasteiger partial charge on any atom is -0.333 e. The Hall–Kier alpha value is -0.900. The number of nitrogens with one attached hydrogen (secondary N) is 1. The second-order valence-electron chi connectivity index (χ2n) is 1.56. The number of nitrogens with zero attached hydrogens (tertiary/aromatic N) is 1. The topological polar surface area (TPSA) is 67.5 Å². The second-order valence-corrected chi connectivity index (χ2v) is 1.56. The van der Waals surface area contributed by atoms with Crippen LogP contribution in [0.3, 0.4) is 0 Å². The molecule has 0 aromatic carbocycles. The lowest BCUT2D eigenvalue weighted by atomic mass is 10.3. The summed E-state index contributed by atoms with van der Waals surface area (Å²) in [5.41, 5.74) is 7.68. The molecule has 0 aliphatic carbocycles. The first kappa shape index (κ1) is 8.10. The predicted octanol–water partition coefficient (Wildman–Crippen LogP) is -0.543. The zero-order valence-corrected chi connectivity index (χ0v) is 5.64. The van der Waals surface area contributed by atoms with E-state index in [0.717, 1.165) is 5.71 Å². The van der Waals surface area contributed by atoms with E-state index in [1.165, 1.54) is 7.05 Å². The smallest absolute Gasteiger partial charge is 0.245 e. The average Bonchev–Trinajstić information content (AvgIpc) is 2.20. The van der Waals surface area contributed by atoms with Gasteiger partial charge < -0.3 is 5.73 Å². The van der Waals surface area contributed by atoms with Crippen LogP contribution in [-0.2, 0) is 4.79 Å². The number of amides is 1. The van der Waals surface area contributed by atoms with Gasteiger partial charge in [-0.05, 0) is 14.0 Å². The fraction of sp³-hybridized carbons (Fsp3) is 0.600. The van der Waals surface area contributed by atoms with Gasteiger partial charge in [0.2, 0.25) is 5.91 Å². The van der Waals surface area contributed by atoms with Crippen LogP contribution >= 0.6 is 0 Å². The minimum atomic E-state index is -0.00231. The standard InChI is InChI=1S/C4H6N2O.CH5N/c1-3-2-4(7)6-5-3;1-2/h2H2,1H3,(H,6,7);2H2,1H3. The largest absolute Gasteiger partial charge is 0.333 e. The molecule has 1 rings (SSSR count). The van der Waals surface area contributed by atoms with Crippen molar-refractivity contribution in [3.05, 3.63) is 0 Å². The molecule has 52 valence electrons. The van der Waals surface area contributed by atoms with Crippen molar-refractivity contribution in [2.45, 2.75) is 13.3 Å². The van der Waals surface area contributed by atoms with E-state index in [2.05, 4.69) is 16.3 Å². The summed E-state index contributed by atoms with van der Waals surface area (Å²) in [6, 6.07) is 0. The Bertz CT molecular complexity index is 130. The van der Waals surface area contributed by atoms with Crippen LogP contribution in [-0.4, -0.2) is 18.7 Å². The molecule has 4 nitrogen and oxygen atoms in total. The predicted molar refractivity (Wildman–Crippen MR) is 36.0 cm³/mol. The van der Waals surface area contributed by atoms with Crippen molar-refractivity contribution < 1.29 is 4.79 Å². The molecule has 0 bridgehead atoms. The highest BCUT2D eigenvalue weighted by atomic mass is 16.2. The van der Waals surface area contributed by atoms with E-state index >= 15 is 0 Å². The first-order chi connectivity index (χ1) is 4.29. The van der Waals surface area contributed by atoms with E-state index in [1.807, 2.05) is 6.92 Å². The molecule has 4 heteroatoms. The fourth-order valence-corrected chi connectivity index (χ4v) is 0.469. The van der Waals surface area contributed by atoms with Crippen LogP contribution in [0.15, 0.2) is 5.10 Å². The van der Waals surface area contributed by atoms with Crippen LogP contribution in [0.1, 0.15) is 13.3 Å².